The van der Waals surface area contributed by atoms with Gasteiger partial charge in [-0.25, -0.2) is 9.50 Å². The lowest BCUT2D eigenvalue weighted by Gasteiger charge is -2.10. The van der Waals surface area contributed by atoms with E-state index in [1.54, 1.807) is 43.3 Å². The van der Waals surface area contributed by atoms with Gasteiger partial charge in [-0.2, -0.15) is 18.3 Å². The molecule has 3 aromatic heterocycles. The fourth-order valence-corrected chi connectivity index (χ4v) is 3.68. The van der Waals surface area contributed by atoms with Crippen LogP contribution in [0.1, 0.15) is 11.4 Å². The van der Waals surface area contributed by atoms with E-state index in [0.29, 0.717) is 32.4 Å². The molecule has 1 aromatic carbocycles. The molecule has 0 N–H and O–H groups in total. The van der Waals surface area contributed by atoms with Gasteiger partial charge in [-0.3, -0.25) is 0 Å². The maximum atomic E-state index is 13.4. The molecular formula is C18H11ClF3N3S. The third-order valence-electron chi connectivity index (χ3n) is 3.96. The monoisotopic (exact) mass is 393 g/mol. The molecule has 3 heterocycles. The standard InChI is InChI=1S/C18H11ClF3N3S/c1-10-16(11-4-6-12(19)7-5-11)17-23-15(18(20,21)22)9-13(25(17)24-10)14-3-2-8-26-14/h2-9H,1H3. The zero-order valence-corrected chi connectivity index (χ0v) is 15.0. The average Bonchev–Trinajstić information content (AvgIpc) is 3.21. The molecule has 132 valence electrons. The van der Waals surface area contributed by atoms with Crippen molar-refractivity contribution < 1.29 is 13.2 Å². The highest BCUT2D eigenvalue weighted by molar-refractivity contribution is 7.13. The summed E-state index contributed by atoms with van der Waals surface area (Å²) in [6.07, 6.45) is -4.55. The SMILES string of the molecule is Cc1nn2c(-c3cccs3)cc(C(F)(F)F)nc2c1-c1ccc(Cl)cc1. The molecule has 0 saturated heterocycles. The Labute approximate surface area is 155 Å². The van der Waals surface area contributed by atoms with Crippen LogP contribution in [0.15, 0.2) is 47.8 Å². The Bertz CT molecular complexity index is 1080. The van der Waals surface area contributed by atoms with Crippen molar-refractivity contribution in [2.75, 3.05) is 0 Å². The number of rotatable bonds is 2. The van der Waals surface area contributed by atoms with Gasteiger partial charge < -0.3 is 0 Å². The molecule has 0 fully saturated rings. The first-order valence-electron chi connectivity index (χ1n) is 7.62. The van der Waals surface area contributed by atoms with E-state index in [0.717, 1.165) is 6.07 Å². The summed E-state index contributed by atoms with van der Waals surface area (Å²) < 4.78 is 41.7. The maximum Gasteiger partial charge on any atom is 0.433 e. The average molecular weight is 394 g/mol. The van der Waals surface area contributed by atoms with Gasteiger partial charge in [0.05, 0.1) is 16.3 Å². The maximum absolute atomic E-state index is 13.4. The summed E-state index contributed by atoms with van der Waals surface area (Å²) in [5.41, 5.74) is 1.46. The highest BCUT2D eigenvalue weighted by atomic mass is 35.5. The summed E-state index contributed by atoms with van der Waals surface area (Å²) in [5, 5.41) is 6.81. The van der Waals surface area contributed by atoms with Crippen LogP contribution in [0, 0.1) is 6.92 Å². The van der Waals surface area contributed by atoms with E-state index in [2.05, 4.69) is 10.1 Å². The molecule has 0 radical (unpaired) electrons. The quantitative estimate of drug-likeness (QED) is 0.411. The molecular weight excluding hydrogens is 383 g/mol. The largest absolute Gasteiger partial charge is 0.433 e. The highest BCUT2D eigenvalue weighted by Gasteiger charge is 2.34. The number of alkyl halides is 3. The molecule has 0 aliphatic rings. The number of nitrogens with zero attached hydrogens (tertiary/aromatic N) is 3. The van der Waals surface area contributed by atoms with Gasteiger partial charge in [0.1, 0.15) is 5.69 Å². The van der Waals surface area contributed by atoms with Crippen molar-refractivity contribution in [1.29, 1.82) is 0 Å². The van der Waals surface area contributed by atoms with E-state index < -0.39 is 11.9 Å². The first-order valence-corrected chi connectivity index (χ1v) is 8.88. The summed E-state index contributed by atoms with van der Waals surface area (Å²) >= 11 is 7.27. The fraction of sp³-hybridized carbons (Fsp3) is 0.111. The number of fused-ring (bicyclic) bond motifs is 1. The second-order valence-electron chi connectivity index (χ2n) is 5.70. The Morgan fingerprint density at radius 1 is 1.12 bits per heavy atom. The second kappa shape index (κ2) is 6.10. The lowest BCUT2D eigenvalue weighted by molar-refractivity contribution is -0.141. The zero-order valence-electron chi connectivity index (χ0n) is 13.4. The van der Waals surface area contributed by atoms with Gasteiger partial charge in [0, 0.05) is 10.6 Å². The second-order valence-corrected chi connectivity index (χ2v) is 7.09. The predicted molar refractivity (Wildman–Crippen MR) is 96.5 cm³/mol. The van der Waals surface area contributed by atoms with Gasteiger partial charge in [0.2, 0.25) is 0 Å². The number of hydrogen-bond acceptors (Lipinski definition) is 3. The van der Waals surface area contributed by atoms with Crippen molar-refractivity contribution in [2.24, 2.45) is 0 Å². The van der Waals surface area contributed by atoms with Gasteiger partial charge in [-0.1, -0.05) is 29.8 Å². The number of aromatic nitrogens is 3. The summed E-state index contributed by atoms with van der Waals surface area (Å²) in [4.78, 5) is 4.57. The highest BCUT2D eigenvalue weighted by Crippen LogP contribution is 2.36. The summed E-state index contributed by atoms with van der Waals surface area (Å²) in [7, 11) is 0. The Balaban J connectivity index is 2.07. The Kier molecular flexibility index (Phi) is 4.00. The predicted octanol–water partition coefficient (Wildman–Crippen LogP) is 6.11. The number of halogens is 4. The number of aryl methyl sites for hydroxylation is 1. The molecule has 8 heteroatoms. The summed E-state index contributed by atoms with van der Waals surface area (Å²) in [6, 6.07) is 11.5. The normalized spacial score (nSPS) is 12.0. The molecule has 0 bridgehead atoms. The van der Waals surface area contributed by atoms with Crippen molar-refractivity contribution in [2.45, 2.75) is 13.1 Å². The van der Waals surface area contributed by atoms with Gasteiger partial charge in [-0.05, 0) is 42.1 Å². The third-order valence-corrected chi connectivity index (χ3v) is 5.11. The lowest BCUT2D eigenvalue weighted by Crippen LogP contribution is -2.10. The van der Waals surface area contributed by atoms with Crippen molar-refractivity contribution in [1.82, 2.24) is 14.6 Å². The van der Waals surface area contributed by atoms with Crippen LogP contribution < -0.4 is 0 Å². The Morgan fingerprint density at radius 3 is 2.46 bits per heavy atom. The lowest BCUT2D eigenvalue weighted by atomic mass is 10.1. The van der Waals surface area contributed by atoms with Crippen LogP contribution in [0.3, 0.4) is 0 Å². The van der Waals surface area contributed by atoms with Crippen molar-refractivity contribution in [3.63, 3.8) is 0 Å². The van der Waals surface area contributed by atoms with Crippen LogP contribution in [0.5, 0.6) is 0 Å². The van der Waals surface area contributed by atoms with E-state index in [1.165, 1.54) is 15.9 Å². The van der Waals surface area contributed by atoms with Crippen LogP contribution in [-0.4, -0.2) is 14.6 Å². The van der Waals surface area contributed by atoms with Crippen LogP contribution in [0.25, 0.3) is 27.3 Å². The van der Waals surface area contributed by atoms with Crippen molar-refractivity contribution in [3.05, 3.63) is 64.3 Å². The Hall–Kier alpha value is -2.38. The van der Waals surface area contributed by atoms with E-state index in [4.69, 9.17) is 11.6 Å². The minimum Gasteiger partial charge on any atom is -0.223 e. The molecule has 0 aliphatic heterocycles. The molecule has 0 saturated carbocycles. The molecule has 0 amide bonds. The van der Waals surface area contributed by atoms with Gasteiger partial charge >= 0.3 is 6.18 Å². The first kappa shape index (κ1) is 17.1. The van der Waals surface area contributed by atoms with E-state index in [-0.39, 0.29) is 5.65 Å². The third kappa shape index (κ3) is 2.87. The minimum absolute atomic E-state index is 0.169. The van der Waals surface area contributed by atoms with Gasteiger partial charge in [0.25, 0.3) is 0 Å². The minimum atomic E-state index is -4.55. The number of hydrogen-bond donors (Lipinski definition) is 0. The smallest absolute Gasteiger partial charge is 0.223 e. The Morgan fingerprint density at radius 2 is 1.85 bits per heavy atom. The number of benzene rings is 1. The van der Waals surface area contributed by atoms with Gasteiger partial charge in [-0.15, -0.1) is 11.3 Å². The summed E-state index contributed by atoms with van der Waals surface area (Å²) in [6.45, 7) is 1.75. The number of thiophene rings is 1. The molecule has 0 aliphatic carbocycles. The van der Waals surface area contributed by atoms with Gasteiger partial charge in [0.15, 0.2) is 5.65 Å². The molecule has 4 rings (SSSR count). The topological polar surface area (TPSA) is 30.2 Å². The van der Waals surface area contributed by atoms with Crippen LogP contribution in [-0.2, 0) is 6.18 Å². The van der Waals surface area contributed by atoms with E-state index in [1.807, 2.05) is 5.38 Å². The molecule has 0 unspecified atom stereocenters. The zero-order chi connectivity index (χ0) is 18.5. The fourth-order valence-electron chi connectivity index (χ4n) is 2.82. The molecule has 0 atom stereocenters. The molecule has 0 spiro atoms. The molecule has 26 heavy (non-hydrogen) atoms. The van der Waals surface area contributed by atoms with Crippen LogP contribution >= 0.6 is 22.9 Å². The van der Waals surface area contributed by atoms with Crippen LogP contribution in [0.4, 0.5) is 13.2 Å². The van der Waals surface area contributed by atoms with Crippen molar-refractivity contribution in [3.8, 4) is 21.7 Å². The van der Waals surface area contributed by atoms with E-state index in [9.17, 15) is 13.2 Å². The molecule has 4 aromatic rings. The van der Waals surface area contributed by atoms with Crippen LogP contribution in [0.2, 0.25) is 5.02 Å². The summed E-state index contributed by atoms with van der Waals surface area (Å²) in [5.74, 6) is 0. The molecule has 3 nitrogen and oxygen atoms in total. The van der Waals surface area contributed by atoms with Crippen molar-refractivity contribution >= 4 is 28.6 Å². The first-order chi connectivity index (χ1) is 12.3. The van der Waals surface area contributed by atoms with E-state index >= 15 is 0 Å².